The minimum atomic E-state index is -0.455. The molecule has 0 fully saturated rings. The lowest BCUT2D eigenvalue weighted by Crippen LogP contribution is -2.27. The number of anilines is 1. The van der Waals surface area contributed by atoms with E-state index in [0.29, 0.717) is 27.4 Å². The summed E-state index contributed by atoms with van der Waals surface area (Å²) in [6.45, 7) is 9.52. The molecular formula is C19H22N4O4S2. The number of carbonyl (C=O) groups is 2. The number of thiophene rings is 1. The molecule has 0 aliphatic rings. The van der Waals surface area contributed by atoms with E-state index in [1.807, 2.05) is 27.7 Å². The van der Waals surface area contributed by atoms with E-state index in [4.69, 9.17) is 4.74 Å². The molecule has 0 saturated carbocycles. The molecule has 0 atom stereocenters. The summed E-state index contributed by atoms with van der Waals surface area (Å²) in [5.74, 6) is -0.650. The van der Waals surface area contributed by atoms with E-state index in [1.165, 1.54) is 22.2 Å². The lowest BCUT2D eigenvalue weighted by atomic mass is 10.2. The van der Waals surface area contributed by atoms with Gasteiger partial charge in [-0.3, -0.25) is 14.2 Å². The van der Waals surface area contributed by atoms with Crippen molar-refractivity contribution in [1.29, 1.82) is 0 Å². The largest absolute Gasteiger partial charge is 0.461 e. The van der Waals surface area contributed by atoms with Crippen molar-refractivity contribution in [1.82, 2.24) is 14.5 Å². The van der Waals surface area contributed by atoms with Gasteiger partial charge in [0.1, 0.15) is 16.3 Å². The Labute approximate surface area is 175 Å². The molecule has 0 aliphatic heterocycles. The molecule has 0 spiro atoms. The minimum Gasteiger partial charge on any atom is -0.461 e. The number of rotatable bonds is 6. The van der Waals surface area contributed by atoms with Crippen molar-refractivity contribution in [2.45, 2.75) is 41.2 Å². The molecule has 154 valence electrons. The van der Waals surface area contributed by atoms with Crippen molar-refractivity contribution in [2.75, 3.05) is 11.9 Å². The second-order valence-corrected chi connectivity index (χ2v) is 9.32. The number of nitrogens with one attached hydrogen (secondary N) is 1. The van der Waals surface area contributed by atoms with Crippen molar-refractivity contribution in [3.8, 4) is 0 Å². The van der Waals surface area contributed by atoms with Crippen LogP contribution < -0.4 is 10.9 Å². The van der Waals surface area contributed by atoms with Crippen LogP contribution in [-0.4, -0.2) is 33.0 Å². The first kappa shape index (κ1) is 21.1. The van der Waals surface area contributed by atoms with Gasteiger partial charge in [-0.1, -0.05) is 25.2 Å². The van der Waals surface area contributed by atoms with E-state index in [1.54, 1.807) is 6.92 Å². The van der Waals surface area contributed by atoms with Crippen LogP contribution in [0.15, 0.2) is 11.1 Å². The summed E-state index contributed by atoms with van der Waals surface area (Å²) in [4.78, 5) is 47.8. The topological polar surface area (TPSA) is 103 Å². The molecule has 10 heteroatoms. The number of amides is 1. The Balaban J connectivity index is 1.73. The Morgan fingerprint density at radius 3 is 2.66 bits per heavy atom. The van der Waals surface area contributed by atoms with Gasteiger partial charge in [-0.25, -0.2) is 14.8 Å². The summed E-state index contributed by atoms with van der Waals surface area (Å²) >= 11 is 2.51. The van der Waals surface area contributed by atoms with Crippen LogP contribution in [0, 0.1) is 26.7 Å². The number of nitrogens with zero attached hydrogens (tertiary/aromatic N) is 3. The summed E-state index contributed by atoms with van der Waals surface area (Å²) in [7, 11) is 0. The maximum Gasteiger partial charge on any atom is 0.350 e. The highest BCUT2D eigenvalue weighted by Gasteiger charge is 2.19. The summed E-state index contributed by atoms with van der Waals surface area (Å²) in [5, 5.41) is 3.47. The molecule has 0 aliphatic carbocycles. The Morgan fingerprint density at radius 2 is 1.97 bits per heavy atom. The molecule has 1 amide bonds. The second kappa shape index (κ2) is 8.42. The minimum absolute atomic E-state index is 0.193. The molecule has 0 radical (unpaired) electrons. The van der Waals surface area contributed by atoms with E-state index in [-0.39, 0.29) is 23.2 Å². The summed E-state index contributed by atoms with van der Waals surface area (Å²) in [6.07, 6.45) is 1.38. The molecule has 3 aromatic heterocycles. The number of carbonyl (C=O) groups excluding carboxylic acids is 2. The highest BCUT2D eigenvalue weighted by molar-refractivity contribution is 7.18. The monoisotopic (exact) mass is 434 g/mol. The van der Waals surface area contributed by atoms with Crippen LogP contribution in [0.1, 0.15) is 39.7 Å². The van der Waals surface area contributed by atoms with Gasteiger partial charge in [0, 0.05) is 4.88 Å². The van der Waals surface area contributed by atoms with Gasteiger partial charge in [-0.05, 0) is 32.3 Å². The average molecular weight is 435 g/mol. The molecule has 0 bridgehead atoms. The van der Waals surface area contributed by atoms with E-state index >= 15 is 0 Å². The van der Waals surface area contributed by atoms with Crippen LogP contribution >= 0.6 is 22.7 Å². The fourth-order valence-corrected chi connectivity index (χ4v) is 4.51. The molecule has 0 unspecified atom stereocenters. The van der Waals surface area contributed by atoms with Gasteiger partial charge in [0.15, 0.2) is 5.13 Å². The molecule has 0 aromatic carbocycles. The molecule has 3 heterocycles. The zero-order valence-electron chi connectivity index (χ0n) is 16.9. The van der Waals surface area contributed by atoms with Crippen molar-refractivity contribution < 1.29 is 14.3 Å². The number of hydrogen-bond acceptors (Lipinski definition) is 8. The number of thiazole rings is 1. The van der Waals surface area contributed by atoms with E-state index in [0.717, 1.165) is 21.8 Å². The van der Waals surface area contributed by atoms with Crippen LogP contribution in [0.5, 0.6) is 0 Å². The third kappa shape index (κ3) is 4.54. The molecule has 3 aromatic rings. The predicted octanol–water partition coefficient (Wildman–Crippen LogP) is 3.29. The van der Waals surface area contributed by atoms with Crippen molar-refractivity contribution in [3.63, 3.8) is 0 Å². The van der Waals surface area contributed by atoms with Crippen LogP contribution in [0.3, 0.4) is 0 Å². The maximum atomic E-state index is 12.7. The van der Waals surface area contributed by atoms with Gasteiger partial charge in [0.25, 0.3) is 5.56 Å². The Hall–Kier alpha value is -2.59. The normalized spacial score (nSPS) is 11.2. The zero-order valence-corrected chi connectivity index (χ0v) is 18.5. The SMILES string of the molecule is Cc1nc(NC(=O)Cn2cnc3sc(C)c(C)c3c2=O)sc1C(=O)OCC(C)C. The fraction of sp³-hybridized carbons (Fsp3) is 0.421. The number of aromatic nitrogens is 3. The lowest BCUT2D eigenvalue weighted by molar-refractivity contribution is -0.116. The van der Waals surface area contributed by atoms with Gasteiger partial charge >= 0.3 is 5.97 Å². The first-order chi connectivity index (χ1) is 13.7. The highest BCUT2D eigenvalue weighted by Crippen LogP contribution is 2.26. The average Bonchev–Trinajstić information content (AvgIpc) is 3.15. The van der Waals surface area contributed by atoms with E-state index < -0.39 is 11.9 Å². The Bertz CT molecular complexity index is 1140. The van der Waals surface area contributed by atoms with Gasteiger partial charge < -0.3 is 10.1 Å². The highest BCUT2D eigenvalue weighted by atomic mass is 32.1. The van der Waals surface area contributed by atoms with Crippen LogP contribution in [-0.2, 0) is 16.1 Å². The number of ether oxygens (including phenoxy) is 1. The summed E-state index contributed by atoms with van der Waals surface area (Å²) in [6, 6.07) is 0. The molecule has 29 heavy (non-hydrogen) atoms. The number of fused-ring (bicyclic) bond motifs is 1. The standard InChI is InChI=1S/C19H22N4O4S2/c1-9(2)7-27-18(26)15-11(4)21-19(29-15)22-13(24)6-23-8-20-16-14(17(23)25)10(3)12(5)28-16/h8-9H,6-7H2,1-5H3,(H,21,22,24). The Morgan fingerprint density at radius 1 is 1.24 bits per heavy atom. The lowest BCUT2D eigenvalue weighted by Gasteiger charge is -2.06. The molecule has 3 rings (SSSR count). The summed E-state index contributed by atoms with van der Waals surface area (Å²) < 4.78 is 6.49. The second-order valence-electron chi connectivity index (χ2n) is 7.12. The third-order valence-corrected chi connectivity index (χ3v) is 6.41. The number of hydrogen-bond donors (Lipinski definition) is 1. The predicted molar refractivity (Wildman–Crippen MR) is 114 cm³/mol. The quantitative estimate of drug-likeness (QED) is 0.597. The van der Waals surface area contributed by atoms with Crippen LogP contribution in [0.2, 0.25) is 0 Å². The number of aryl methyl sites for hydroxylation is 3. The van der Waals surface area contributed by atoms with Crippen molar-refractivity contribution in [3.05, 3.63) is 37.7 Å². The third-order valence-electron chi connectivity index (χ3n) is 4.25. The van der Waals surface area contributed by atoms with E-state index in [9.17, 15) is 14.4 Å². The van der Waals surface area contributed by atoms with Crippen LogP contribution in [0.4, 0.5) is 5.13 Å². The van der Waals surface area contributed by atoms with Crippen LogP contribution in [0.25, 0.3) is 10.2 Å². The zero-order chi connectivity index (χ0) is 21.3. The fourth-order valence-electron chi connectivity index (χ4n) is 2.64. The first-order valence-corrected chi connectivity index (χ1v) is 10.7. The van der Waals surface area contributed by atoms with Gasteiger partial charge in [0.05, 0.1) is 24.0 Å². The smallest absolute Gasteiger partial charge is 0.350 e. The van der Waals surface area contributed by atoms with E-state index in [2.05, 4.69) is 15.3 Å². The molecule has 0 saturated heterocycles. The van der Waals surface area contributed by atoms with Gasteiger partial charge in [-0.15, -0.1) is 11.3 Å². The molecule has 8 nitrogen and oxygen atoms in total. The first-order valence-electron chi connectivity index (χ1n) is 9.07. The van der Waals surface area contributed by atoms with Crippen molar-refractivity contribution >= 4 is 49.9 Å². The molecular weight excluding hydrogens is 412 g/mol. The van der Waals surface area contributed by atoms with Gasteiger partial charge in [-0.2, -0.15) is 0 Å². The van der Waals surface area contributed by atoms with Crippen molar-refractivity contribution in [2.24, 2.45) is 5.92 Å². The Kier molecular flexibility index (Phi) is 6.13. The maximum absolute atomic E-state index is 12.7. The number of esters is 1. The van der Waals surface area contributed by atoms with Gasteiger partial charge in [0.2, 0.25) is 5.91 Å². The summed E-state index contributed by atoms with van der Waals surface area (Å²) in [5.41, 5.74) is 1.13. The molecule has 1 N–H and O–H groups in total.